The van der Waals surface area contributed by atoms with Crippen molar-refractivity contribution in [2.24, 2.45) is 0 Å². The minimum absolute atomic E-state index is 0.500. The maximum Gasteiger partial charge on any atom is 0.138 e. The van der Waals surface area contributed by atoms with Crippen molar-refractivity contribution in [3.8, 4) is 5.69 Å². The van der Waals surface area contributed by atoms with E-state index in [9.17, 15) is 5.11 Å². The van der Waals surface area contributed by atoms with Crippen LogP contribution in [-0.2, 0) is 6.54 Å². The molecule has 1 atom stereocenters. The van der Waals surface area contributed by atoms with Crippen LogP contribution in [0.3, 0.4) is 0 Å². The van der Waals surface area contributed by atoms with Crippen LogP contribution in [0.1, 0.15) is 28.4 Å². The van der Waals surface area contributed by atoms with E-state index in [1.807, 2.05) is 37.3 Å². The summed E-state index contributed by atoms with van der Waals surface area (Å²) in [6, 6.07) is 14.2. The predicted octanol–water partition coefficient (Wildman–Crippen LogP) is 2.71. The quantitative estimate of drug-likeness (QED) is 0.732. The third-order valence-corrected chi connectivity index (χ3v) is 4.02. The van der Waals surface area contributed by atoms with Gasteiger partial charge >= 0.3 is 0 Å². The van der Waals surface area contributed by atoms with Crippen molar-refractivity contribution in [2.45, 2.75) is 26.5 Å². The van der Waals surface area contributed by atoms with Gasteiger partial charge in [0, 0.05) is 13.1 Å². The van der Waals surface area contributed by atoms with Gasteiger partial charge in [-0.25, -0.2) is 9.67 Å². The zero-order chi connectivity index (χ0) is 16.9. The van der Waals surface area contributed by atoms with E-state index in [2.05, 4.69) is 34.5 Å². The lowest BCUT2D eigenvalue weighted by Gasteiger charge is -2.14. The molecule has 0 aliphatic rings. The van der Waals surface area contributed by atoms with Gasteiger partial charge in [0.2, 0.25) is 0 Å². The zero-order valence-electron chi connectivity index (χ0n) is 14.0. The first kappa shape index (κ1) is 16.4. The lowest BCUT2D eigenvalue weighted by atomic mass is 10.1. The number of aliphatic hydroxyl groups excluding tert-OH is 1. The molecule has 1 aromatic heterocycles. The van der Waals surface area contributed by atoms with E-state index < -0.39 is 6.10 Å². The Kier molecular flexibility index (Phi) is 5.03. The molecule has 24 heavy (non-hydrogen) atoms. The average molecular weight is 322 g/mol. The second kappa shape index (κ2) is 7.38. The lowest BCUT2D eigenvalue weighted by molar-refractivity contribution is 0.174. The fourth-order valence-electron chi connectivity index (χ4n) is 2.77. The monoisotopic (exact) mass is 322 g/mol. The molecule has 3 aromatic rings. The average Bonchev–Trinajstić information content (AvgIpc) is 3.09. The van der Waals surface area contributed by atoms with E-state index in [0.29, 0.717) is 13.1 Å². The molecule has 124 valence electrons. The van der Waals surface area contributed by atoms with Gasteiger partial charge in [-0.05, 0) is 36.6 Å². The number of rotatable bonds is 6. The molecule has 0 saturated heterocycles. The number of aryl methyl sites for hydroxylation is 2. The maximum atomic E-state index is 10.3. The standard InChI is InChI=1S/C19H22N4O/c1-14-4-3-5-17(8-14)19(24)11-20-10-16-6-7-18(15(2)9-16)23-13-21-12-22-23/h3-9,12-13,19-20,24H,10-11H2,1-2H3. The summed E-state index contributed by atoms with van der Waals surface area (Å²) in [6.07, 6.45) is 2.72. The molecule has 5 heteroatoms. The first-order valence-corrected chi connectivity index (χ1v) is 8.03. The Morgan fingerprint density at radius 3 is 2.75 bits per heavy atom. The Labute approximate surface area is 142 Å². The van der Waals surface area contributed by atoms with Crippen molar-refractivity contribution >= 4 is 0 Å². The van der Waals surface area contributed by atoms with Gasteiger partial charge in [-0.2, -0.15) is 5.10 Å². The summed E-state index contributed by atoms with van der Waals surface area (Å²) < 4.78 is 1.76. The molecule has 2 aromatic carbocycles. The number of nitrogens with one attached hydrogen (secondary N) is 1. The van der Waals surface area contributed by atoms with Gasteiger partial charge in [-0.3, -0.25) is 0 Å². The Morgan fingerprint density at radius 2 is 2.04 bits per heavy atom. The summed E-state index contributed by atoms with van der Waals surface area (Å²) in [5.74, 6) is 0. The summed E-state index contributed by atoms with van der Waals surface area (Å²) in [6.45, 7) is 5.32. The van der Waals surface area contributed by atoms with Crippen LogP contribution in [0.15, 0.2) is 55.1 Å². The van der Waals surface area contributed by atoms with Gasteiger partial charge < -0.3 is 10.4 Å². The fourth-order valence-corrected chi connectivity index (χ4v) is 2.77. The third-order valence-electron chi connectivity index (χ3n) is 4.02. The Morgan fingerprint density at radius 1 is 1.17 bits per heavy atom. The van der Waals surface area contributed by atoms with Gasteiger partial charge in [-0.1, -0.05) is 42.0 Å². The number of benzene rings is 2. The summed E-state index contributed by atoms with van der Waals surface area (Å²) >= 11 is 0. The van der Waals surface area contributed by atoms with E-state index >= 15 is 0 Å². The normalized spacial score (nSPS) is 12.3. The van der Waals surface area contributed by atoms with Crippen LogP contribution in [0.4, 0.5) is 0 Å². The lowest BCUT2D eigenvalue weighted by Crippen LogP contribution is -2.21. The molecule has 0 aliphatic carbocycles. The van der Waals surface area contributed by atoms with E-state index in [-0.39, 0.29) is 0 Å². The predicted molar refractivity (Wildman–Crippen MR) is 93.9 cm³/mol. The topological polar surface area (TPSA) is 63.0 Å². The van der Waals surface area contributed by atoms with Crippen molar-refractivity contribution in [3.63, 3.8) is 0 Å². The van der Waals surface area contributed by atoms with E-state index in [1.165, 1.54) is 11.9 Å². The molecule has 3 rings (SSSR count). The number of aromatic nitrogens is 3. The van der Waals surface area contributed by atoms with Crippen LogP contribution >= 0.6 is 0 Å². The molecule has 0 saturated carbocycles. The zero-order valence-corrected chi connectivity index (χ0v) is 14.0. The molecule has 0 spiro atoms. The van der Waals surface area contributed by atoms with Gasteiger partial charge in [0.1, 0.15) is 12.7 Å². The number of nitrogens with zero attached hydrogens (tertiary/aromatic N) is 3. The smallest absolute Gasteiger partial charge is 0.138 e. The van der Waals surface area contributed by atoms with Gasteiger partial charge in [0.05, 0.1) is 11.8 Å². The molecule has 0 amide bonds. The Hall–Kier alpha value is -2.50. The van der Waals surface area contributed by atoms with Crippen LogP contribution in [0.5, 0.6) is 0 Å². The highest BCUT2D eigenvalue weighted by Gasteiger charge is 2.08. The van der Waals surface area contributed by atoms with E-state index in [4.69, 9.17) is 0 Å². The summed E-state index contributed by atoms with van der Waals surface area (Å²) in [7, 11) is 0. The largest absolute Gasteiger partial charge is 0.387 e. The first-order chi connectivity index (χ1) is 11.6. The Balaban J connectivity index is 1.58. The summed E-state index contributed by atoms with van der Waals surface area (Å²) in [4.78, 5) is 3.98. The third kappa shape index (κ3) is 3.88. The van der Waals surface area contributed by atoms with Crippen LogP contribution in [0.25, 0.3) is 5.69 Å². The Bertz CT molecular complexity index is 799. The molecule has 0 bridgehead atoms. The summed E-state index contributed by atoms with van der Waals surface area (Å²) in [5, 5.41) is 17.7. The highest BCUT2D eigenvalue weighted by Crippen LogP contribution is 2.16. The molecular formula is C19H22N4O. The van der Waals surface area contributed by atoms with E-state index in [0.717, 1.165) is 22.4 Å². The molecule has 0 fully saturated rings. The van der Waals surface area contributed by atoms with Crippen molar-refractivity contribution in [1.82, 2.24) is 20.1 Å². The van der Waals surface area contributed by atoms with Crippen molar-refractivity contribution in [3.05, 3.63) is 77.4 Å². The molecule has 5 nitrogen and oxygen atoms in total. The molecule has 1 unspecified atom stereocenters. The first-order valence-electron chi connectivity index (χ1n) is 8.03. The summed E-state index contributed by atoms with van der Waals surface area (Å²) in [5.41, 5.74) is 5.44. The fraction of sp³-hybridized carbons (Fsp3) is 0.263. The maximum absolute atomic E-state index is 10.3. The molecule has 2 N–H and O–H groups in total. The van der Waals surface area contributed by atoms with Crippen LogP contribution in [0.2, 0.25) is 0 Å². The molecule has 0 radical (unpaired) electrons. The molecule has 1 heterocycles. The van der Waals surface area contributed by atoms with Crippen LogP contribution in [-0.4, -0.2) is 26.4 Å². The van der Waals surface area contributed by atoms with E-state index in [1.54, 1.807) is 11.0 Å². The highest BCUT2D eigenvalue weighted by atomic mass is 16.3. The van der Waals surface area contributed by atoms with Crippen molar-refractivity contribution in [1.29, 1.82) is 0 Å². The SMILES string of the molecule is Cc1cccc(C(O)CNCc2ccc(-n3cncn3)c(C)c2)c1. The molecule has 0 aliphatic heterocycles. The van der Waals surface area contributed by atoms with Crippen molar-refractivity contribution in [2.75, 3.05) is 6.54 Å². The van der Waals surface area contributed by atoms with Gasteiger partial charge in [0.15, 0.2) is 0 Å². The van der Waals surface area contributed by atoms with Gasteiger partial charge in [-0.15, -0.1) is 0 Å². The second-order valence-corrected chi connectivity index (χ2v) is 6.02. The highest BCUT2D eigenvalue weighted by molar-refractivity contribution is 5.41. The number of aliphatic hydroxyl groups is 1. The second-order valence-electron chi connectivity index (χ2n) is 6.02. The van der Waals surface area contributed by atoms with Crippen LogP contribution < -0.4 is 5.32 Å². The molecular weight excluding hydrogens is 300 g/mol. The van der Waals surface area contributed by atoms with Gasteiger partial charge in [0.25, 0.3) is 0 Å². The van der Waals surface area contributed by atoms with Crippen LogP contribution in [0, 0.1) is 13.8 Å². The van der Waals surface area contributed by atoms with Crippen molar-refractivity contribution < 1.29 is 5.11 Å². The minimum atomic E-state index is -0.500. The minimum Gasteiger partial charge on any atom is -0.387 e. The number of hydrogen-bond donors (Lipinski definition) is 2. The number of hydrogen-bond acceptors (Lipinski definition) is 4.